The van der Waals surface area contributed by atoms with E-state index >= 15 is 0 Å². The lowest BCUT2D eigenvalue weighted by molar-refractivity contribution is 0.625. The summed E-state index contributed by atoms with van der Waals surface area (Å²) in [4.78, 5) is 0. The second-order valence-corrected chi connectivity index (χ2v) is 10.6. The van der Waals surface area contributed by atoms with E-state index in [0.29, 0.717) is 0 Å². The van der Waals surface area contributed by atoms with Gasteiger partial charge in [-0.25, -0.2) is 0 Å². The Kier molecular flexibility index (Phi) is 7.71. The predicted octanol–water partition coefficient (Wildman–Crippen LogP) is 5.57. The van der Waals surface area contributed by atoms with E-state index in [1.807, 2.05) is 0 Å². The summed E-state index contributed by atoms with van der Waals surface area (Å²) < 4.78 is 0. The molecule has 1 heterocycles. The molecule has 0 bridgehead atoms. The molecular weight excluding hydrogens is 211 g/mol. The smallest absolute Gasteiger partial charge is 0.0591 e. The van der Waals surface area contributed by atoms with Crippen LogP contribution in [0.5, 0.6) is 0 Å². The SMILES string of the molecule is CCCCCCCC[P+]1(C)CCCCCC1. The molecule has 0 aliphatic carbocycles. The van der Waals surface area contributed by atoms with Crippen LogP contribution in [0, 0.1) is 0 Å². The number of hydrogen-bond donors (Lipinski definition) is 0. The predicted molar refractivity (Wildman–Crippen MR) is 79.3 cm³/mol. The first-order valence-electron chi connectivity index (χ1n) is 7.60. The van der Waals surface area contributed by atoms with Crippen molar-refractivity contribution in [2.45, 2.75) is 71.1 Å². The average Bonchev–Trinajstić information content (AvgIpc) is 2.49. The zero-order chi connectivity index (χ0) is 11.7. The van der Waals surface area contributed by atoms with E-state index in [4.69, 9.17) is 0 Å². The highest BCUT2D eigenvalue weighted by molar-refractivity contribution is 7.75. The summed E-state index contributed by atoms with van der Waals surface area (Å²) >= 11 is 0. The van der Waals surface area contributed by atoms with Gasteiger partial charge in [-0.3, -0.25) is 0 Å². The van der Waals surface area contributed by atoms with E-state index in [-0.39, 0.29) is 0 Å². The minimum absolute atomic E-state index is 0.462. The summed E-state index contributed by atoms with van der Waals surface area (Å²) in [7, 11) is -0.462. The largest absolute Gasteiger partial charge is 0.0654 e. The molecule has 1 fully saturated rings. The van der Waals surface area contributed by atoms with Crippen molar-refractivity contribution < 1.29 is 0 Å². The zero-order valence-electron chi connectivity index (χ0n) is 11.6. The number of unbranched alkanes of at least 4 members (excludes halogenated alkanes) is 5. The van der Waals surface area contributed by atoms with Crippen molar-refractivity contribution in [2.75, 3.05) is 25.2 Å². The highest BCUT2D eigenvalue weighted by atomic mass is 31.2. The molecule has 0 aromatic heterocycles. The van der Waals surface area contributed by atoms with Gasteiger partial charge in [0.25, 0.3) is 0 Å². The Morgan fingerprint density at radius 2 is 1.31 bits per heavy atom. The third-order valence-electron chi connectivity index (χ3n) is 4.20. The van der Waals surface area contributed by atoms with Crippen LogP contribution in [0.4, 0.5) is 0 Å². The molecule has 0 radical (unpaired) electrons. The van der Waals surface area contributed by atoms with Crippen LogP contribution >= 0.6 is 7.26 Å². The van der Waals surface area contributed by atoms with Crippen molar-refractivity contribution in [3.8, 4) is 0 Å². The molecular formula is C15H32P+. The molecule has 96 valence electrons. The van der Waals surface area contributed by atoms with E-state index < -0.39 is 7.26 Å². The number of rotatable bonds is 7. The van der Waals surface area contributed by atoms with Gasteiger partial charge in [0, 0.05) is 13.9 Å². The van der Waals surface area contributed by atoms with E-state index in [0.717, 1.165) is 0 Å². The summed E-state index contributed by atoms with van der Waals surface area (Å²) in [5.74, 6) is 0. The Morgan fingerprint density at radius 1 is 0.750 bits per heavy atom. The summed E-state index contributed by atoms with van der Waals surface area (Å²) in [6, 6.07) is 0. The van der Waals surface area contributed by atoms with Gasteiger partial charge in [-0.15, -0.1) is 0 Å². The standard InChI is InChI=1S/C15H32P/c1-3-4-5-6-7-10-13-16(2)14-11-8-9-12-15-16/h3-15H2,1-2H3/q+1. The highest BCUT2D eigenvalue weighted by Gasteiger charge is 2.31. The first kappa shape index (κ1) is 14.5. The lowest BCUT2D eigenvalue weighted by Crippen LogP contribution is -2.04. The van der Waals surface area contributed by atoms with Crippen LogP contribution in [-0.4, -0.2) is 25.2 Å². The maximum Gasteiger partial charge on any atom is 0.0591 e. The Balaban J connectivity index is 2.05. The van der Waals surface area contributed by atoms with Gasteiger partial charge < -0.3 is 0 Å². The van der Waals surface area contributed by atoms with Crippen LogP contribution in [0.3, 0.4) is 0 Å². The lowest BCUT2D eigenvalue weighted by atomic mass is 10.1. The van der Waals surface area contributed by atoms with Gasteiger partial charge in [0.15, 0.2) is 0 Å². The summed E-state index contributed by atoms with van der Waals surface area (Å²) in [6.45, 7) is 4.96. The maximum absolute atomic E-state index is 2.66. The van der Waals surface area contributed by atoms with Crippen LogP contribution in [0.1, 0.15) is 71.1 Å². The summed E-state index contributed by atoms with van der Waals surface area (Å²) in [6.07, 6.45) is 19.8. The molecule has 0 aromatic rings. The van der Waals surface area contributed by atoms with Crippen LogP contribution in [0.25, 0.3) is 0 Å². The second kappa shape index (κ2) is 8.51. The van der Waals surface area contributed by atoms with E-state index in [9.17, 15) is 0 Å². The molecule has 0 nitrogen and oxygen atoms in total. The molecule has 1 rings (SSSR count). The van der Waals surface area contributed by atoms with Crippen molar-refractivity contribution >= 4 is 7.26 Å². The first-order valence-corrected chi connectivity index (χ1v) is 10.4. The molecule has 0 amide bonds. The van der Waals surface area contributed by atoms with E-state index in [1.165, 1.54) is 51.4 Å². The third-order valence-corrected chi connectivity index (χ3v) is 8.39. The third kappa shape index (κ3) is 6.24. The molecule has 0 unspecified atom stereocenters. The van der Waals surface area contributed by atoms with Crippen molar-refractivity contribution in [3.63, 3.8) is 0 Å². The van der Waals surface area contributed by atoms with Gasteiger partial charge in [0.2, 0.25) is 0 Å². The van der Waals surface area contributed by atoms with Crippen molar-refractivity contribution in [2.24, 2.45) is 0 Å². The Hall–Kier alpha value is 0.430. The van der Waals surface area contributed by atoms with Crippen LogP contribution < -0.4 is 0 Å². The highest BCUT2D eigenvalue weighted by Crippen LogP contribution is 2.58. The van der Waals surface area contributed by atoms with Crippen LogP contribution in [-0.2, 0) is 0 Å². The van der Waals surface area contributed by atoms with E-state index in [1.54, 1.807) is 31.3 Å². The Labute approximate surface area is 104 Å². The summed E-state index contributed by atoms with van der Waals surface area (Å²) in [5, 5.41) is 0. The van der Waals surface area contributed by atoms with Gasteiger partial charge in [-0.2, -0.15) is 0 Å². The van der Waals surface area contributed by atoms with Crippen molar-refractivity contribution in [3.05, 3.63) is 0 Å². The van der Waals surface area contributed by atoms with Gasteiger partial charge >= 0.3 is 0 Å². The molecule has 0 N–H and O–H groups in total. The molecule has 0 atom stereocenters. The molecule has 16 heavy (non-hydrogen) atoms. The van der Waals surface area contributed by atoms with Gasteiger partial charge in [-0.1, -0.05) is 32.6 Å². The van der Waals surface area contributed by atoms with E-state index in [2.05, 4.69) is 13.6 Å². The molecule has 0 aromatic carbocycles. The van der Waals surface area contributed by atoms with Gasteiger partial charge in [-0.05, 0) is 38.5 Å². The second-order valence-electron chi connectivity index (χ2n) is 5.97. The fourth-order valence-electron chi connectivity index (χ4n) is 2.95. The molecule has 1 aliphatic heterocycles. The van der Waals surface area contributed by atoms with Gasteiger partial charge in [0.1, 0.15) is 0 Å². The maximum atomic E-state index is 2.66. The normalized spacial score (nSPS) is 20.6. The average molecular weight is 243 g/mol. The fraction of sp³-hybridized carbons (Fsp3) is 1.00. The minimum Gasteiger partial charge on any atom is -0.0654 e. The molecule has 1 heteroatoms. The molecule has 0 saturated carbocycles. The molecule has 1 saturated heterocycles. The first-order chi connectivity index (χ1) is 7.77. The van der Waals surface area contributed by atoms with Crippen LogP contribution in [0.2, 0.25) is 0 Å². The molecule has 1 aliphatic rings. The Morgan fingerprint density at radius 3 is 1.94 bits per heavy atom. The lowest BCUT2D eigenvalue weighted by Gasteiger charge is -2.21. The molecule has 0 spiro atoms. The number of hydrogen-bond acceptors (Lipinski definition) is 0. The Bertz CT molecular complexity index is 157. The zero-order valence-corrected chi connectivity index (χ0v) is 12.5. The fourth-order valence-corrected chi connectivity index (χ4v) is 6.58. The quantitative estimate of drug-likeness (QED) is 0.405. The van der Waals surface area contributed by atoms with Crippen molar-refractivity contribution in [1.29, 1.82) is 0 Å². The topological polar surface area (TPSA) is 0 Å². The summed E-state index contributed by atoms with van der Waals surface area (Å²) in [5.41, 5.74) is 0. The van der Waals surface area contributed by atoms with Gasteiger partial charge in [0.05, 0.1) is 18.5 Å². The van der Waals surface area contributed by atoms with Crippen LogP contribution in [0.15, 0.2) is 0 Å². The minimum atomic E-state index is -0.462. The monoisotopic (exact) mass is 243 g/mol. The van der Waals surface area contributed by atoms with Crippen molar-refractivity contribution in [1.82, 2.24) is 0 Å².